The van der Waals surface area contributed by atoms with Crippen molar-refractivity contribution < 1.29 is 0 Å². The van der Waals surface area contributed by atoms with Crippen LogP contribution in [0.1, 0.15) is 26.2 Å². The van der Waals surface area contributed by atoms with E-state index in [1.54, 1.807) is 0 Å². The molecule has 2 nitrogen and oxygen atoms in total. The van der Waals surface area contributed by atoms with E-state index in [2.05, 4.69) is 24.2 Å². The minimum atomic E-state index is 0.809. The topological polar surface area (TPSA) is 15.3 Å². The molecule has 1 saturated carbocycles. The van der Waals surface area contributed by atoms with Crippen molar-refractivity contribution in [1.29, 1.82) is 0 Å². The fourth-order valence-electron chi connectivity index (χ4n) is 2.21. The van der Waals surface area contributed by atoms with Gasteiger partial charge in [-0.3, -0.25) is 0 Å². The van der Waals surface area contributed by atoms with Crippen LogP contribution >= 0.6 is 0 Å². The Morgan fingerprint density at radius 2 is 1.92 bits per heavy atom. The number of rotatable bonds is 3. The molecular formula is C11H22N2. The Bertz CT molecular complexity index is 161. The van der Waals surface area contributed by atoms with E-state index in [9.17, 15) is 0 Å². The zero-order chi connectivity index (χ0) is 9.26. The van der Waals surface area contributed by atoms with Crippen LogP contribution in [0.25, 0.3) is 0 Å². The lowest BCUT2D eigenvalue weighted by Crippen LogP contribution is -2.41. The molecule has 1 heterocycles. The predicted octanol–water partition coefficient (Wildman–Crippen LogP) is 1.33. The molecule has 1 aliphatic heterocycles. The monoisotopic (exact) mass is 182 g/mol. The third-order valence-corrected chi connectivity index (χ3v) is 3.66. The molecule has 2 fully saturated rings. The zero-order valence-electron chi connectivity index (χ0n) is 8.92. The lowest BCUT2D eigenvalue weighted by molar-refractivity contribution is 0.233. The smallest absolute Gasteiger partial charge is 0.00915 e. The van der Waals surface area contributed by atoms with E-state index in [1.165, 1.54) is 38.9 Å². The normalized spacial score (nSPS) is 36.5. The van der Waals surface area contributed by atoms with Crippen LogP contribution in [0.5, 0.6) is 0 Å². The van der Waals surface area contributed by atoms with Gasteiger partial charge in [-0.2, -0.15) is 0 Å². The maximum Gasteiger partial charge on any atom is 0.00915 e. The number of hydrogen-bond donors (Lipinski definition) is 1. The molecule has 2 heteroatoms. The van der Waals surface area contributed by atoms with Crippen molar-refractivity contribution in [3.63, 3.8) is 0 Å². The Labute approximate surface area is 81.7 Å². The molecule has 2 atom stereocenters. The van der Waals surface area contributed by atoms with Gasteiger partial charge in [0.15, 0.2) is 0 Å². The van der Waals surface area contributed by atoms with Crippen molar-refractivity contribution in [2.45, 2.75) is 32.2 Å². The molecule has 0 aromatic rings. The first-order valence-electron chi connectivity index (χ1n) is 5.67. The predicted molar refractivity (Wildman–Crippen MR) is 55.8 cm³/mol. The number of likely N-dealkylation sites (tertiary alicyclic amines) is 1. The first kappa shape index (κ1) is 9.47. The molecular weight excluding hydrogens is 160 g/mol. The van der Waals surface area contributed by atoms with Gasteiger partial charge in [-0.1, -0.05) is 6.92 Å². The summed E-state index contributed by atoms with van der Waals surface area (Å²) >= 11 is 0. The highest BCUT2D eigenvalue weighted by molar-refractivity contribution is 4.86. The highest BCUT2D eigenvalue weighted by Crippen LogP contribution is 2.36. The molecule has 0 spiro atoms. The van der Waals surface area contributed by atoms with Crippen molar-refractivity contribution in [1.82, 2.24) is 10.2 Å². The molecule has 0 bridgehead atoms. The molecule has 13 heavy (non-hydrogen) atoms. The van der Waals surface area contributed by atoms with Crippen LogP contribution in [-0.4, -0.2) is 37.6 Å². The van der Waals surface area contributed by atoms with E-state index in [-0.39, 0.29) is 0 Å². The lowest BCUT2D eigenvalue weighted by Gasteiger charge is -2.29. The highest BCUT2D eigenvalue weighted by atomic mass is 15.1. The molecule has 0 aromatic heterocycles. The Morgan fingerprint density at radius 1 is 1.31 bits per heavy atom. The quantitative estimate of drug-likeness (QED) is 0.708. The summed E-state index contributed by atoms with van der Waals surface area (Å²) in [7, 11) is 2.22. The number of hydrogen-bond acceptors (Lipinski definition) is 2. The largest absolute Gasteiger partial charge is 0.314 e. The van der Waals surface area contributed by atoms with Crippen LogP contribution in [0.3, 0.4) is 0 Å². The summed E-state index contributed by atoms with van der Waals surface area (Å²) in [5.74, 6) is 2.00. The molecule has 0 radical (unpaired) electrons. The first-order valence-corrected chi connectivity index (χ1v) is 5.67. The average Bonchev–Trinajstić information content (AvgIpc) is 2.81. The minimum absolute atomic E-state index is 0.809. The van der Waals surface area contributed by atoms with Gasteiger partial charge in [0, 0.05) is 6.04 Å². The summed E-state index contributed by atoms with van der Waals surface area (Å²) in [6, 6.07) is 0.809. The van der Waals surface area contributed by atoms with E-state index in [0.717, 1.165) is 17.9 Å². The van der Waals surface area contributed by atoms with Crippen molar-refractivity contribution >= 4 is 0 Å². The van der Waals surface area contributed by atoms with Crippen molar-refractivity contribution in [3.05, 3.63) is 0 Å². The standard InChI is InChI=1S/C11H22N2/c1-9-7-10(9)8-12-11-3-5-13(2)6-4-11/h9-12H,3-8H2,1-2H3. The number of piperidine rings is 1. The van der Waals surface area contributed by atoms with E-state index >= 15 is 0 Å². The van der Waals surface area contributed by atoms with Gasteiger partial charge in [-0.05, 0) is 57.8 Å². The van der Waals surface area contributed by atoms with Crippen LogP contribution in [0, 0.1) is 11.8 Å². The Balaban J connectivity index is 1.60. The van der Waals surface area contributed by atoms with Crippen LogP contribution in [0.4, 0.5) is 0 Å². The van der Waals surface area contributed by atoms with E-state index in [1.807, 2.05) is 0 Å². The molecule has 0 aromatic carbocycles. The van der Waals surface area contributed by atoms with E-state index in [4.69, 9.17) is 0 Å². The highest BCUT2D eigenvalue weighted by Gasteiger charge is 2.32. The molecule has 0 amide bonds. The van der Waals surface area contributed by atoms with Crippen molar-refractivity contribution in [2.24, 2.45) is 11.8 Å². The summed E-state index contributed by atoms with van der Waals surface area (Å²) in [6.45, 7) is 6.19. The summed E-state index contributed by atoms with van der Waals surface area (Å²) in [6.07, 6.45) is 4.15. The summed E-state index contributed by atoms with van der Waals surface area (Å²) in [5, 5.41) is 3.71. The van der Waals surface area contributed by atoms with Crippen molar-refractivity contribution in [3.8, 4) is 0 Å². The third kappa shape index (κ3) is 2.68. The van der Waals surface area contributed by atoms with E-state index in [0.29, 0.717) is 0 Å². The van der Waals surface area contributed by atoms with Gasteiger partial charge >= 0.3 is 0 Å². The Kier molecular flexibility index (Phi) is 2.89. The van der Waals surface area contributed by atoms with Gasteiger partial charge in [-0.15, -0.1) is 0 Å². The van der Waals surface area contributed by atoms with Crippen molar-refractivity contribution in [2.75, 3.05) is 26.7 Å². The van der Waals surface area contributed by atoms with Crippen LogP contribution in [0.15, 0.2) is 0 Å². The Morgan fingerprint density at radius 3 is 2.46 bits per heavy atom. The van der Waals surface area contributed by atoms with Crippen LogP contribution in [0.2, 0.25) is 0 Å². The van der Waals surface area contributed by atoms with Gasteiger partial charge in [-0.25, -0.2) is 0 Å². The fraction of sp³-hybridized carbons (Fsp3) is 1.00. The number of nitrogens with zero attached hydrogens (tertiary/aromatic N) is 1. The van der Waals surface area contributed by atoms with Gasteiger partial charge in [0.2, 0.25) is 0 Å². The molecule has 1 N–H and O–H groups in total. The molecule has 1 saturated heterocycles. The van der Waals surface area contributed by atoms with Gasteiger partial charge in [0.05, 0.1) is 0 Å². The summed E-state index contributed by atoms with van der Waals surface area (Å²) in [4.78, 5) is 2.43. The average molecular weight is 182 g/mol. The van der Waals surface area contributed by atoms with E-state index < -0.39 is 0 Å². The fourth-order valence-corrected chi connectivity index (χ4v) is 2.21. The first-order chi connectivity index (χ1) is 6.25. The third-order valence-electron chi connectivity index (χ3n) is 3.66. The second-order valence-electron chi connectivity index (χ2n) is 4.96. The molecule has 2 unspecified atom stereocenters. The molecule has 2 aliphatic rings. The SMILES string of the molecule is CC1CC1CNC1CCN(C)CC1. The number of nitrogens with one attached hydrogen (secondary N) is 1. The second kappa shape index (κ2) is 3.97. The molecule has 1 aliphatic carbocycles. The maximum atomic E-state index is 3.71. The lowest BCUT2D eigenvalue weighted by atomic mass is 10.1. The van der Waals surface area contributed by atoms with Gasteiger partial charge < -0.3 is 10.2 Å². The Hall–Kier alpha value is -0.0800. The van der Waals surface area contributed by atoms with Crippen LogP contribution in [-0.2, 0) is 0 Å². The molecule has 76 valence electrons. The van der Waals surface area contributed by atoms with Gasteiger partial charge in [0.1, 0.15) is 0 Å². The maximum absolute atomic E-state index is 3.71. The van der Waals surface area contributed by atoms with Crippen LogP contribution < -0.4 is 5.32 Å². The molecule has 2 rings (SSSR count). The summed E-state index contributed by atoms with van der Waals surface area (Å²) in [5.41, 5.74) is 0. The second-order valence-corrected chi connectivity index (χ2v) is 4.96. The summed E-state index contributed by atoms with van der Waals surface area (Å²) < 4.78 is 0. The zero-order valence-corrected chi connectivity index (χ0v) is 8.92. The minimum Gasteiger partial charge on any atom is -0.314 e. The van der Waals surface area contributed by atoms with Gasteiger partial charge in [0.25, 0.3) is 0 Å².